The predicted molar refractivity (Wildman–Crippen MR) is 111 cm³/mol. The first-order valence-electron chi connectivity index (χ1n) is 8.11. The number of ketones is 1. The first-order chi connectivity index (χ1) is 11.4. The molecule has 1 aliphatic heterocycles. The molecule has 1 aromatic rings. The number of rotatable bonds is 3. The molecule has 1 heterocycles. The lowest BCUT2D eigenvalue weighted by molar-refractivity contribution is -0.123. The van der Waals surface area contributed by atoms with Crippen LogP contribution in [0.2, 0.25) is 10.0 Å². The molecule has 0 spiro atoms. The maximum Gasteiger partial charge on any atom is 0.169 e. The summed E-state index contributed by atoms with van der Waals surface area (Å²) < 4.78 is 0. The Morgan fingerprint density at radius 2 is 1.76 bits per heavy atom. The van der Waals surface area contributed by atoms with E-state index < -0.39 is 0 Å². The van der Waals surface area contributed by atoms with Crippen LogP contribution >= 0.6 is 35.0 Å². The largest absolute Gasteiger partial charge is 0.298 e. The number of hydrogen-bond acceptors (Lipinski definition) is 4. The number of anilines is 1. The highest BCUT2D eigenvalue weighted by atomic mass is 35.5. The number of hydrogen-bond donors (Lipinski definition) is 0. The molecule has 0 aromatic heterocycles. The van der Waals surface area contributed by atoms with Gasteiger partial charge in [0, 0.05) is 21.2 Å². The van der Waals surface area contributed by atoms with Crippen molar-refractivity contribution in [3.8, 4) is 0 Å². The monoisotopic (exact) mass is 398 g/mol. The number of benzene rings is 1. The van der Waals surface area contributed by atoms with Crippen molar-refractivity contribution in [1.29, 1.82) is 0 Å². The molecule has 0 aliphatic carbocycles. The van der Waals surface area contributed by atoms with Crippen LogP contribution in [0.5, 0.6) is 0 Å². The van der Waals surface area contributed by atoms with E-state index in [0.717, 1.165) is 16.6 Å². The number of halogens is 2. The van der Waals surface area contributed by atoms with Crippen molar-refractivity contribution < 1.29 is 4.79 Å². The van der Waals surface area contributed by atoms with Crippen LogP contribution in [0.3, 0.4) is 0 Å². The Morgan fingerprint density at radius 3 is 2.28 bits per heavy atom. The van der Waals surface area contributed by atoms with Crippen LogP contribution in [0.4, 0.5) is 5.69 Å². The van der Waals surface area contributed by atoms with E-state index in [1.165, 1.54) is 11.8 Å². The average molecular weight is 399 g/mol. The molecule has 2 rings (SSSR count). The summed E-state index contributed by atoms with van der Waals surface area (Å²) >= 11 is 13.8. The molecular weight excluding hydrogens is 375 g/mol. The summed E-state index contributed by atoms with van der Waals surface area (Å²) in [6.45, 7) is 11.9. The molecule has 0 unspecified atom stereocenters. The number of carbonyl (C=O) groups is 1. The van der Waals surface area contributed by atoms with Gasteiger partial charge in [0.15, 0.2) is 5.17 Å². The third kappa shape index (κ3) is 5.25. The van der Waals surface area contributed by atoms with Gasteiger partial charge in [0.1, 0.15) is 5.78 Å². The quantitative estimate of drug-likeness (QED) is 0.607. The van der Waals surface area contributed by atoms with Gasteiger partial charge in [-0.15, -0.1) is 0 Å². The topological polar surface area (TPSA) is 32.7 Å². The second-order valence-electron chi connectivity index (χ2n) is 7.76. The Balaban J connectivity index is 2.38. The molecule has 6 heteroatoms. The average Bonchev–Trinajstić information content (AvgIpc) is 2.40. The van der Waals surface area contributed by atoms with E-state index in [2.05, 4.69) is 6.08 Å². The Hall–Kier alpha value is -0.970. The maximum absolute atomic E-state index is 12.4. The van der Waals surface area contributed by atoms with E-state index in [1.807, 2.05) is 58.6 Å². The highest BCUT2D eigenvalue weighted by Crippen LogP contribution is 2.35. The van der Waals surface area contributed by atoms with Crippen molar-refractivity contribution in [3.63, 3.8) is 0 Å². The highest BCUT2D eigenvalue weighted by molar-refractivity contribution is 8.14. The van der Waals surface area contributed by atoms with Gasteiger partial charge in [0.05, 0.1) is 17.0 Å². The second-order valence-corrected chi connectivity index (χ2v) is 9.57. The van der Waals surface area contributed by atoms with Crippen molar-refractivity contribution in [2.24, 2.45) is 10.4 Å². The van der Waals surface area contributed by atoms with Crippen LogP contribution in [-0.4, -0.2) is 22.2 Å². The summed E-state index contributed by atoms with van der Waals surface area (Å²) in [7, 11) is 0. The van der Waals surface area contributed by atoms with Crippen LogP contribution < -0.4 is 4.90 Å². The SMILES string of the molecule is CC1=CC(C)(C)N=C(SCC(=O)C(C)(C)C)N1c1cc(Cl)cc(Cl)c1. The van der Waals surface area contributed by atoms with E-state index >= 15 is 0 Å². The Labute approximate surface area is 164 Å². The van der Waals surface area contributed by atoms with Crippen LogP contribution in [-0.2, 0) is 4.79 Å². The first-order valence-corrected chi connectivity index (χ1v) is 9.85. The number of carbonyl (C=O) groups excluding carboxylic acids is 1. The van der Waals surface area contributed by atoms with Crippen molar-refractivity contribution >= 4 is 51.6 Å². The van der Waals surface area contributed by atoms with Gasteiger partial charge in [-0.05, 0) is 45.0 Å². The molecule has 25 heavy (non-hydrogen) atoms. The van der Waals surface area contributed by atoms with E-state index in [0.29, 0.717) is 15.8 Å². The molecule has 0 atom stereocenters. The summed E-state index contributed by atoms with van der Waals surface area (Å²) in [5.41, 5.74) is 1.18. The lowest BCUT2D eigenvalue weighted by Gasteiger charge is -2.34. The smallest absolute Gasteiger partial charge is 0.169 e. The Kier molecular flexibility index (Phi) is 5.97. The first kappa shape index (κ1) is 20.3. The summed E-state index contributed by atoms with van der Waals surface area (Å²) in [4.78, 5) is 19.2. The summed E-state index contributed by atoms with van der Waals surface area (Å²) in [6.07, 6.45) is 2.09. The van der Waals surface area contributed by atoms with Crippen molar-refractivity contribution in [2.45, 2.75) is 47.1 Å². The standard InChI is InChI=1S/C19H24Cl2N2OS/c1-12-10-19(5,6)22-17(25-11-16(24)18(2,3)4)23(12)15-8-13(20)7-14(21)9-15/h7-10H,11H2,1-6H3. The van der Waals surface area contributed by atoms with Gasteiger partial charge in [-0.3, -0.25) is 14.7 Å². The number of amidine groups is 1. The van der Waals surface area contributed by atoms with E-state index in [4.69, 9.17) is 28.2 Å². The fraction of sp³-hybridized carbons (Fsp3) is 0.474. The van der Waals surface area contributed by atoms with Gasteiger partial charge < -0.3 is 0 Å². The minimum Gasteiger partial charge on any atom is -0.298 e. The Bertz CT molecular complexity index is 728. The maximum atomic E-state index is 12.4. The van der Waals surface area contributed by atoms with Gasteiger partial charge in [-0.1, -0.05) is 55.7 Å². The van der Waals surface area contributed by atoms with Gasteiger partial charge >= 0.3 is 0 Å². The molecule has 0 fully saturated rings. The normalized spacial score (nSPS) is 17.2. The van der Waals surface area contributed by atoms with Crippen molar-refractivity contribution in [2.75, 3.05) is 10.7 Å². The molecular formula is C19H24Cl2N2OS. The number of Topliss-reactive ketones (excluding diaryl/α,β-unsaturated/α-hetero) is 1. The zero-order chi connectivity index (χ0) is 19.0. The van der Waals surface area contributed by atoms with Gasteiger partial charge in [-0.2, -0.15) is 0 Å². The third-order valence-corrected chi connectivity index (χ3v) is 5.14. The molecule has 3 nitrogen and oxygen atoms in total. The zero-order valence-corrected chi connectivity index (χ0v) is 17.8. The van der Waals surface area contributed by atoms with Crippen LogP contribution in [0.15, 0.2) is 35.0 Å². The number of aliphatic imine (C=N–C) groups is 1. The third-order valence-electron chi connectivity index (χ3n) is 3.76. The van der Waals surface area contributed by atoms with Crippen molar-refractivity contribution in [1.82, 2.24) is 0 Å². The van der Waals surface area contributed by atoms with E-state index in [9.17, 15) is 4.79 Å². The van der Waals surface area contributed by atoms with Gasteiger partial charge in [0.2, 0.25) is 0 Å². The van der Waals surface area contributed by atoms with Crippen LogP contribution in [0.1, 0.15) is 41.5 Å². The van der Waals surface area contributed by atoms with E-state index in [-0.39, 0.29) is 16.7 Å². The molecule has 136 valence electrons. The molecule has 0 N–H and O–H groups in total. The fourth-order valence-corrected chi connectivity index (χ4v) is 4.37. The second kappa shape index (κ2) is 7.34. The lowest BCUT2D eigenvalue weighted by Crippen LogP contribution is -2.36. The zero-order valence-electron chi connectivity index (χ0n) is 15.5. The fourth-order valence-electron chi connectivity index (χ4n) is 2.48. The van der Waals surface area contributed by atoms with Gasteiger partial charge in [0.25, 0.3) is 0 Å². The number of allylic oxidation sites excluding steroid dienone is 1. The molecule has 0 saturated carbocycles. The molecule has 0 amide bonds. The summed E-state index contributed by atoms with van der Waals surface area (Å²) in [5.74, 6) is 0.561. The summed E-state index contributed by atoms with van der Waals surface area (Å²) in [6, 6.07) is 5.40. The molecule has 1 aliphatic rings. The van der Waals surface area contributed by atoms with Gasteiger partial charge in [-0.25, -0.2) is 0 Å². The van der Waals surface area contributed by atoms with Crippen LogP contribution in [0, 0.1) is 5.41 Å². The summed E-state index contributed by atoms with van der Waals surface area (Å²) in [5, 5.41) is 1.91. The van der Waals surface area contributed by atoms with Crippen LogP contribution in [0.25, 0.3) is 0 Å². The number of thioether (sulfide) groups is 1. The van der Waals surface area contributed by atoms with E-state index in [1.54, 1.807) is 6.07 Å². The molecule has 1 aromatic carbocycles. The highest BCUT2D eigenvalue weighted by Gasteiger charge is 2.29. The molecule has 0 bridgehead atoms. The molecule has 0 radical (unpaired) electrons. The Morgan fingerprint density at radius 1 is 1.20 bits per heavy atom. The minimum absolute atomic E-state index is 0.189. The molecule has 0 saturated heterocycles. The predicted octanol–water partition coefficient (Wildman–Crippen LogP) is 6.20. The number of nitrogens with zero attached hydrogens (tertiary/aromatic N) is 2. The van der Waals surface area contributed by atoms with Crippen molar-refractivity contribution in [3.05, 3.63) is 40.0 Å². The lowest BCUT2D eigenvalue weighted by atomic mass is 9.92. The minimum atomic E-state index is -0.368.